The predicted molar refractivity (Wildman–Crippen MR) is 91.4 cm³/mol. The molecule has 2 aromatic heterocycles. The van der Waals surface area contributed by atoms with Crippen molar-refractivity contribution < 1.29 is 4.79 Å². The monoisotopic (exact) mass is 340 g/mol. The highest BCUT2D eigenvalue weighted by atomic mass is 16.2. The molecule has 9 nitrogen and oxygen atoms in total. The summed E-state index contributed by atoms with van der Waals surface area (Å²) in [5, 5.41) is 16.7. The van der Waals surface area contributed by atoms with Crippen LogP contribution in [0.5, 0.6) is 0 Å². The number of hydrogen-bond donors (Lipinski definition) is 2. The first-order valence-corrected chi connectivity index (χ1v) is 8.00. The van der Waals surface area contributed by atoms with Gasteiger partial charge in [0.15, 0.2) is 5.65 Å². The van der Waals surface area contributed by atoms with Gasteiger partial charge in [-0.3, -0.25) is 9.89 Å². The van der Waals surface area contributed by atoms with Crippen LogP contribution in [0.25, 0.3) is 16.7 Å². The maximum atomic E-state index is 11.8. The number of likely N-dealkylation sites (N-methyl/N-ethyl adjacent to an activating group) is 1. The Morgan fingerprint density at radius 3 is 3.00 bits per heavy atom. The lowest BCUT2D eigenvalue weighted by atomic mass is 9.85. The number of fused-ring (bicyclic) bond motifs is 1. The number of nitriles is 1. The molecule has 3 rings (SSSR count). The van der Waals surface area contributed by atoms with E-state index in [1.165, 1.54) is 6.33 Å². The van der Waals surface area contributed by atoms with Gasteiger partial charge in [0.2, 0.25) is 5.91 Å². The van der Waals surface area contributed by atoms with E-state index in [4.69, 9.17) is 5.73 Å². The molecule has 2 aromatic rings. The van der Waals surface area contributed by atoms with Crippen molar-refractivity contribution in [1.29, 1.82) is 5.26 Å². The second-order valence-electron chi connectivity index (χ2n) is 6.21. The molecule has 1 aliphatic rings. The van der Waals surface area contributed by atoms with Crippen LogP contribution in [0.4, 0.5) is 0 Å². The third-order valence-electron chi connectivity index (χ3n) is 4.64. The minimum atomic E-state index is -0.424. The van der Waals surface area contributed by atoms with Gasteiger partial charge >= 0.3 is 0 Å². The molecule has 0 unspecified atom stereocenters. The standard InChI is InChI=1S/C16H20N8O/c1-3-13(25)24-8-16(9-24,4-5-17)23(2)7-12(18)14-11-6-21-22-15(11)20-10-19-14/h6-7,10H,3-4,8-9,18H2,1-2H3,(H,19,20,21,22)/b12-7-. The molecule has 0 bridgehead atoms. The van der Waals surface area contributed by atoms with E-state index in [0.717, 1.165) is 5.39 Å². The van der Waals surface area contributed by atoms with Crippen LogP contribution in [0.3, 0.4) is 0 Å². The van der Waals surface area contributed by atoms with E-state index in [0.29, 0.717) is 43.0 Å². The van der Waals surface area contributed by atoms with Gasteiger partial charge in [-0.1, -0.05) is 6.92 Å². The molecule has 0 spiro atoms. The number of nitrogens with two attached hydrogens (primary N) is 1. The van der Waals surface area contributed by atoms with Gasteiger partial charge in [0.1, 0.15) is 12.0 Å². The third kappa shape index (κ3) is 2.87. The summed E-state index contributed by atoms with van der Waals surface area (Å²) in [5.74, 6) is 0.0924. The van der Waals surface area contributed by atoms with Crippen molar-refractivity contribution in [3.05, 3.63) is 24.4 Å². The van der Waals surface area contributed by atoms with E-state index in [1.807, 2.05) is 18.9 Å². The molecule has 0 aliphatic carbocycles. The second-order valence-corrected chi connectivity index (χ2v) is 6.21. The largest absolute Gasteiger partial charge is 0.396 e. The topological polar surface area (TPSA) is 128 Å². The number of amides is 1. The quantitative estimate of drug-likeness (QED) is 0.808. The van der Waals surface area contributed by atoms with E-state index in [1.54, 1.807) is 17.3 Å². The van der Waals surface area contributed by atoms with E-state index in [9.17, 15) is 10.1 Å². The maximum Gasteiger partial charge on any atom is 0.222 e. The zero-order valence-electron chi connectivity index (χ0n) is 14.2. The van der Waals surface area contributed by atoms with Gasteiger partial charge in [-0.25, -0.2) is 9.97 Å². The Balaban J connectivity index is 1.85. The third-order valence-corrected chi connectivity index (χ3v) is 4.64. The zero-order valence-corrected chi connectivity index (χ0v) is 14.2. The number of carbonyl (C=O) groups excluding carboxylic acids is 1. The summed E-state index contributed by atoms with van der Waals surface area (Å²) in [4.78, 5) is 23.8. The number of rotatable bonds is 5. The summed E-state index contributed by atoms with van der Waals surface area (Å²) in [6, 6.07) is 2.22. The summed E-state index contributed by atoms with van der Waals surface area (Å²) < 4.78 is 0. The number of nitrogens with one attached hydrogen (secondary N) is 1. The summed E-state index contributed by atoms with van der Waals surface area (Å²) in [5.41, 5.74) is 7.46. The highest BCUT2D eigenvalue weighted by molar-refractivity contribution is 5.86. The molecule has 3 N–H and O–H groups in total. The Kier molecular flexibility index (Phi) is 4.27. The summed E-state index contributed by atoms with van der Waals surface area (Å²) in [7, 11) is 1.87. The predicted octanol–water partition coefficient (Wildman–Crippen LogP) is 0.446. The van der Waals surface area contributed by atoms with Gasteiger partial charge in [-0.05, 0) is 0 Å². The zero-order chi connectivity index (χ0) is 18.0. The van der Waals surface area contributed by atoms with E-state index in [-0.39, 0.29) is 5.91 Å². The minimum Gasteiger partial charge on any atom is -0.396 e. The summed E-state index contributed by atoms with van der Waals surface area (Å²) in [6.45, 7) is 2.86. The average Bonchev–Trinajstić information content (AvgIpc) is 3.05. The van der Waals surface area contributed by atoms with Crippen LogP contribution in [0.15, 0.2) is 18.7 Å². The molecule has 0 saturated carbocycles. The first kappa shape index (κ1) is 16.7. The highest BCUT2D eigenvalue weighted by Gasteiger charge is 2.47. The Hall–Kier alpha value is -3.15. The SMILES string of the molecule is CCC(=O)N1CC(CC#N)(N(C)/C=C(\N)c2ncnc3[nH]ncc23)C1. The van der Waals surface area contributed by atoms with E-state index in [2.05, 4.69) is 26.2 Å². The van der Waals surface area contributed by atoms with Crippen molar-refractivity contribution in [3.8, 4) is 6.07 Å². The van der Waals surface area contributed by atoms with Crippen LogP contribution in [0.1, 0.15) is 25.5 Å². The van der Waals surface area contributed by atoms with Gasteiger partial charge in [0.25, 0.3) is 0 Å². The fourth-order valence-corrected chi connectivity index (χ4v) is 3.07. The van der Waals surface area contributed by atoms with Gasteiger partial charge < -0.3 is 15.5 Å². The van der Waals surface area contributed by atoms with Crippen molar-refractivity contribution in [3.63, 3.8) is 0 Å². The molecule has 0 aromatic carbocycles. The molecule has 1 fully saturated rings. The van der Waals surface area contributed by atoms with Gasteiger partial charge in [0.05, 0.1) is 35.3 Å². The van der Waals surface area contributed by atoms with Crippen molar-refractivity contribution >= 4 is 22.6 Å². The smallest absolute Gasteiger partial charge is 0.222 e. The molecule has 1 saturated heterocycles. The molecule has 25 heavy (non-hydrogen) atoms. The second kappa shape index (κ2) is 6.39. The Labute approximate surface area is 145 Å². The number of nitrogens with zero attached hydrogens (tertiary/aromatic N) is 6. The molecular formula is C16H20N8O. The molecule has 0 radical (unpaired) electrons. The van der Waals surface area contributed by atoms with Crippen molar-refractivity contribution in [2.24, 2.45) is 5.73 Å². The lowest BCUT2D eigenvalue weighted by Crippen LogP contribution is -2.69. The molecule has 0 atom stereocenters. The molecular weight excluding hydrogens is 320 g/mol. The number of likely N-dealkylation sites (tertiary alicyclic amines) is 1. The van der Waals surface area contributed by atoms with Crippen molar-refractivity contribution in [2.75, 3.05) is 20.1 Å². The molecule has 1 amide bonds. The Morgan fingerprint density at radius 2 is 2.32 bits per heavy atom. The number of aromatic nitrogens is 4. The molecule has 9 heteroatoms. The lowest BCUT2D eigenvalue weighted by Gasteiger charge is -2.53. The van der Waals surface area contributed by atoms with Gasteiger partial charge in [-0.15, -0.1) is 0 Å². The van der Waals surface area contributed by atoms with Crippen molar-refractivity contribution in [2.45, 2.75) is 25.3 Å². The molecule has 3 heterocycles. The normalized spacial score (nSPS) is 16.4. The fourth-order valence-electron chi connectivity index (χ4n) is 3.07. The lowest BCUT2D eigenvalue weighted by molar-refractivity contribution is -0.143. The number of hydrogen-bond acceptors (Lipinski definition) is 7. The molecule has 130 valence electrons. The van der Waals surface area contributed by atoms with Crippen LogP contribution < -0.4 is 5.73 Å². The van der Waals surface area contributed by atoms with Crippen LogP contribution >= 0.6 is 0 Å². The Bertz CT molecular complexity index is 858. The number of carbonyl (C=O) groups is 1. The maximum absolute atomic E-state index is 11.8. The van der Waals surface area contributed by atoms with E-state index < -0.39 is 5.54 Å². The van der Waals surface area contributed by atoms with Crippen LogP contribution in [0, 0.1) is 11.3 Å². The van der Waals surface area contributed by atoms with Crippen LogP contribution in [-0.4, -0.2) is 61.5 Å². The summed E-state index contributed by atoms with van der Waals surface area (Å²) >= 11 is 0. The average molecular weight is 340 g/mol. The van der Waals surface area contributed by atoms with Crippen molar-refractivity contribution in [1.82, 2.24) is 30.0 Å². The summed E-state index contributed by atoms with van der Waals surface area (Å²) in [6.07, 6.45) is 5.59. The van der Waals surface area contributed by atoms with Gasteiger partial charge in [-0.2, -0.15) is 10.4 Å². The fraction of sp³-hybridized carbons (Fsp3) is 0.438. The highest BCUT2D eigenvalue weighted by Crippen LogP contribution is 2.32. The molecule has 1 aliphatic heterocycles. The first-order valence-electron chi connectivity index (χ1n) is 8.00. The van der Waals surface area contributed by atoms with Gasteiger partial charge in [0, 0.05) is 32.8 Å². The van der Waals surface area contributed by atoms with E-state index >= 15 is 0 Å². The number of aromatic amines is 1. The Morgan fingerprint density at radius 1 is 1.56 bits per heavy atom. The van der Waals surface area contributed by atoms with Crippen LogP contribution in [0.2, 0.25) is 0 Å². The van der Waals surface area contributed by atoms with Crippen LogP contribution in [-0.2, 0) is 4.79 Å². The number of H-pyrrole nitrogens is 1. The first-order chi connectivity index (χ1) is 12.0. The minimum absolute atomic E-state index is 0.0924.